The molecule has 0 N–H and O–H groups in total. The molecule has 0 saturated carbocycles. The van der Waals surface area contributed by atoms with Crippen molar-refractivity contribution in [3.05, 3.63) is 12.2 Å². The second kappa shape index (κ2) is 14.6. The molecule has 0 aliphatic carbocycles. The SMILES string of the molecule is CCCCCCOC(=O)/C=C/C(=O)OC(CCC)CCCC. The van der Waals surface area contributed by atoms with Crippen LogP contribution in [0.5, 0.6) is 0 Å². The molecular weight excluding hydrogens is 280 g/mol. The summed E-state index contributed by atoms with van der Waals surface area (Å²) in [7, 11) is 0. The molecule has 4 nitrogen and oxygen atoms in total. The van der Waals surface area contributed by atoms with E-state index in [2.05, 4.69) is 20.8 Å². The molecule has 0 bridgehead atoms. The summed E-state index contributed by atoms with van der Waals surface area (Å²) < 4.78 is 10.4. The third-order valence-corrected chi connectivity index (χ3v) is 3.37. The van der Waals surface area contributed by atoms with E-state index in [0.29, 0.717) is 6.61 Å². The summed E-state index contributed by atoms with van der Waals surface area (Å²) in [5.41, 5.74) is 0. The summed E-state index contributed by atoms with van der Waals surface area (Å²) in [5.74, 6) is -0.938. The minimum atomic E-state index is -0.478. The van der Waals surface area contributed by atoms with E-state index >= 15 is 0 Å². The average molecular weight is 312 g/mol. The van der Waals surface area contributed by atoms with Crippen molar-refractivity contribution in [2.75, 3.05) is 6.61 Å². The number of esters is 2. The molecule has 1 atom stereocenters. The van der Waals surface area contributed by atoms with Gasteiger partial charge < -0.3 is 9.47 Å². The van der Waals surface area contributed by atoms with Gasteiger partial charge in [-0.05, 0) is 19.3 Å². The van der Waals surface area contributed by atoms with E-state index in [1.54, 1.807) is 0 Å². The maximum Gasteiger partial charge on any atom is 0.331 e. The maximum atomic E-state index is 11.7. The highest BCUT2D eigenvalue weighted by atomic mass is 16.5. The lowest BCUT2D eigenvalue weighted by Crippen LogP contribution is -2.17. The predicted molar refractivity (Wildman–Crippen MR) is 88.6 cm³/mol. The number of rotatable bonds is 13. The first-order valence-corrected chi connectivity index (χ1v) is 8.69. The molecule has 0 heterocycles. The summed E-state index contributed by atoms with van der Waals surface area (Å²) in [6.07, 6.45) is 11.4. The molecule has 1 unspecified atom stereocenters. The van der Waals surface area contributed by atoms with Crippen LogP contribution in [0.1, 0.15) is 78.6 Å². The molecule has 0 fully saturated rings. The molecule has 0 saturated heterocycles. The first kappa shape index (κ1) is 20.7. The number of ether oxygens (including phenoxy) is 2. The minimum Gasteiger partial charge on any atom is -0.463 e. The van der Waals surface area contributed by atoms with Crippen LogP contribution in [-0.2, 0) is 19.1 Å². The molecule has 0 rings (SSSR count). The number of carbonyl (C=O) groups is 2. The van der Waals surface area contributed by atoms with Crippen LogP contribution < -0.4 is 0 Å². The van der Waals surface area contributed by atoms with Crippen molar-refractivity contribution in [2.45, 2.75) is 84.7 Å². The topological polar surface area (TPSA) is 52.6 Å². The fourth-order valence-electron chi connectivity index (χ4n) is 2.11. The van der Waals surface area contributed by atoms with Crippen LogP contribution in [0.4, 0.5) is 0 Å². The van der Waals surface area contributed by atoms with Gasteiger partial charge in [-0.1, -0.05) is 59.3 Å². The summed E-state index contributed by atoms with van der Waals surface area (Å²) in [5, 5.41) is 0. The maximum absolute atomic E-state index is 11.7. The number of hydrogen-bond donors (Lipinski definition) is 0. The number of carbonyl (C=O) groups excluding carboxylic acids is 2. The van der Waals surface area contributed by atoms with Crippen molar-refractivity contribution in [3.63, 3.8) is 0 Å². The van der Waals surface area contributed by atoms with Crippen LogP contribution in [0.3, 0.4) is 0 Å². The standard InChI is InChI=1S/C18H32O4/c1-4-7-9-10-15-21-17(19)13-14-18(20)22-16(11-6-3)12-8-5-2/h13-14,16H,4-12,15H2,1-3H3/b14-13+. The van der Waals surface area contributed by atoms with Crippen molar-refractivity contribution in [1.82, 2.24) is 0 Å². The minimum absolute atomic E-state index is 0.0489. The van der Waals surface area contributed by atoms with Gasteiger partial charge in [0, 0.05) is 12.2 Å². The Kier molecular flexibility index (Phi) is 13.7. The van der Waals surface area contributed by atoms with Gasteiger partial charge in [0.05, 0.1) is 6.61 Å². The van der Waals surface area contributed by atoms with E-state index in [1.165, 1.54) is 6.08 Å². The summed E-state index contributed by atoms with van der Waals surface area (Å²) in [6.45, 7) is 6.72. The Morgan fingerprint density at radius 1 is 0.818 bits per heavy atom. The van der Waals surface area contributed by atoms with E-state index in [-0.39, 0.29) is 6.10 Å². The first-order chi connectivity index (χ1) is 10.6. The molecule has 22 heavy (non-hydrogen) atoms. The average Bonchev–Trinajstić information content (AvgIpc) is 2.50. The summed E-state index contributed by atoms with van der Waals surface area (Å²) in [6, 6.07) is 0. The van der Waals surface area contributed by atoms with Crippen LogP contribution in [0, 0.1) is 0 Å². The normalized spacial score (nSPS) is 12.3. The van der Waals surface area contributed by atoms with Gasteiger partial charge in [-0.15, -0.1) is 0 Å². The van der Waals surface area contributed by atoms with Gasteiger partial charge in [-0.3, -0.25) is 0 Å². The molecule has 0 aromatic carbocycles. The van der Waals surface area contributed by atoms with Gasteiger partial charge in [0.2, 0.25) is 0 Å². The zero-order valence-electron chi connectivity index (χ0n) is 14.4. The largest absolute Gasteiger partial charge is 0.463 e. The number of hydrogen-bond acceptors (Lipinski definition) is 4. The molecule has 0 amide bonds. The van der Waals surface area contributed by atoms with Crippen molar-refractivity contribution in [2.24, 2.45) is 0 Å². The monoisotopic (exact) mass is 312 g/mol. The molecule has 128 valence electrons. The lowest BCUT2D eigenvalue weighted by molar-refractivity contribution is -0.144. The van der Waals surface area contributed by atoms with E-state index < -0.39 is 11.9 Å². The molecular formula is C18H32O4. The van der Waals surface area contributed by atoms with Crippen LogP contribution in [-0.4, -0.2) is 24.6 Å². The van der Waals surface area contributed by atoms with Crippen molar-refractivity contribution < 1.29 is 19.1 Å². The first-order valence-electron chi connectivity index (χ1n) is 8.69. The van der Waals surface area contributed by atoms with E-state index in [9.17, 15) is 9.59 Å². The molecule has 0 aliphatic rings. The van der Waals surface area contributed by atoms with Crippen LogP contribution in [0.2, 0.25) is 0 Å². The molecule has 0 spiro atoms. The Hall–Kier alpha value is -1.32. The van der Waals surface area contributed by atoms with Crippen molar-refractivity contribution in [3.8, 4) is 0 Å². The van der Waals surface area contributed by atoms with Crippen LogP contribution in [0.15, 0.2) is 12.2 Å². The Morgan fingerprint density at radius 2 is 1.50 bits per heavy atom. The van der Waals surface area contributed by atoms with Crippen LogP contribution >= 0.6 is 0 Å². The van der Waals surface area contributed by atoms with Crippen molar-refractivity contribution >= 4 is 11.9 Å². The molecule has 0 aliphatic heterocycles. The smallest absolute Gasteiger partial charge is 0.331 e. The van der Waals surface area contributed by atoms with Gasteiger partial charge in [0.15, 0.2) is 0 Å². The highest BCUT2D eigenvalue weighted by Crippen LogP contribution is 2.11. The predicted octanol–water partition coefficient (Wildman–Crippen LogP) is 4.57. The third kappa shape index (κ3) is 12.4. The number of unbranched alkanes of at least 4 members (excludes halogenated alkanes) is 4. The Morgan fingerprint density at radius 3 is 2.14 bits per heavy atom. The molecule has 0 radical (unpaired) electrons. The van der Waals surface area contributed by atoms with E-state index in [4.69, 9.17) is 9.47 Å². The van der Waals surface area contributed by atoms with Crippen LogP contribution in [0.25, 0.3) is 0 Å². The lowest BCUT2D eigenvalue weighted by atomic mass is 10.1. The Balaban J connectivity index is 3.97. The second-order valence-corrected chi connectivity index (χ2v) is 5.55. The van der Waals surface area contributed by atoms with Gasteiger partial charge >= 0.3 is 11.9 Å². The zero-order chi connectivity index (χ0) is 16.6. The highest BCUT2D eigenvalue weighted by Gasteiger charge is 2.11. The van der Waals surface area contributed by atoms with Crippen molar-refractivity contribution in [1.29, 1.82) is 0 Å². The van der Waals surface area contributed by atoms with Gasteiger partial charge in [0.1, 0.15) is 6.10 Å². The summed E-state index contributed by atoms with van der Waals surface area (Å²) >= 11 is 0. The van der Waals surface area contributed by atoms with Gasteiger partial charge in [-0.2, -0.15) is 0 Å². The van der Waals surface area contributed by atoms with E-state index in [1.807, 2.05) is 0 Å². The second-order valence-electron chi connectivity index (χ2n) is 5.55. The van der Waals surface area contributed by atoms with Gasteiger partial charge in [0.25, 0.3) is 0 Å². The fourth-order valence-corrected chi connectivity index (χ4v) is 2.11. The van der Waals surface area contributed by atoms with E-state index in [0.717, 1.165) is 63.9 Å². The quantitative estimate of drug-likeness (QED) is 0.284. The Labute approximate surface area is 135 Å². The molecule has 0 aromatic rings. The highest BCUT2D eigenvalue weighted by molar-refractivity contribution is 5.91. The Bertz CT molecular complexity index is 323. The molecule has 4 heteroatoms. The fraction of sp³-hybridized carbons (Fsp3) is 0.778. The van der Waals surface area contributed by atoms with Gasteiger partial charge in [-0.25, -0.2) is 9.59 Å². The summed E-state index contributed by atoms with van der Waals surface area (Å²) in [4.78, 5) is 23.1. The lowest BCUT2D eigenvalue weighted by Gasteiger charge is -2.15. The molecule has 0 aromatic heterocycles. The third-order valence-electron chi connectivity index (χ3n) is 3.37. The zero-order valence-corrected chi connectivity index (χ0v) is 14.4.